The molecule has 0 spiro atoms. The van der Waals surface area contributed by atoms with E-state index in [0.717, 1.165) is 10.3 Å². The normalized spacial score (nSPS) is 12.7. The van der Waals surface area contributed by atoms with Gasteiger partial charge in [0, 0.05) is 6.54 Å². The lowest BCUT2D eigenvalue weighted by molar-refractivity contribution is 0.0521. The van der Waals surface area contributed by atoms with Crippen LogP contribution in [0.15, 0.2) is 11.1 Å². The van der Waals surface area contributed by atoms with Crippen molar-refractivity contribution in [2.75, 3.05) is 0 Å². The fourth-order valence-electron chi connectivity index (χ4n) is 2.13. The predicted octanol–water partition coefficient (Wildman–Crippen LogP) is 3.20. The Kier molecular flexibility index (Phi) is 6.46. The summed E-state index contributed by atoms with van der Waals surface area (Å²) >= 11 is 0. The maximum Gasteiger partial charge on any atom is 0.436 e. The van der Waals surface area contributed by atoms with E-state index in [2.05, 4.69) is 10.3 Å². The number of rotatable bonds is 2. The van der Waals surface area contributed by atoms with Crippen LogP contribution in [0.3, 0.4) is 0 Å². The summed E-state index contributed by atoms with van der Waals surface area (Å²) in [6.07, 6.45) is -1.35. The number of aromatic nitrogens is 1. The van der Waals surface area contributed by atoms with Crippen LogP contribution < -0.4 is 10.8 Å². The summed E-state index contributed by atoms with van der Waals surface area (Å²) in [7, 11) is 0. The molecule has 1 rings (SSSR count). The van der Waals surface area contributed by atoms with Crippen molar-refractivity contribution in [2.24, 2.45) is 4.99 Å². The fourth-order valence-corrected chi connectivity index (χ4v) is 2.13. The van der Waals surface area contributed by atoms with Crippen LogP contribution in [0.2, 0.25) is 0 Å². The molecule has 1 aromatic heterocycles. The van der Waals surface area contributed by atoms with Gasteiger partial charge in [0.05, 0.1) is 5.69 Å². The summed E-state index contributed by atoms with van der Waals surface area (Å²) in [6.45, 7) is 14.1. The quantitative estimate of drug-likeness (QED) is 0.782. The molecule has 0 unspecified atom stereocenters. The van der Waals surface area contributed by atoms with E-state index in [1.807, 2.05) is 0 Å². The van der Waals surface area contributed by atoms with Gasteiger partial charge in [0.1, 0.15) is 11.2 Å². The van der Waals surface area contributed by atoms with Crippen molar-refractivity contribution in [3.8, 4) is 0 Å². The molecule has 26 heavy (non-hydrogen) atoms. The molecule has 146 valence electrons. The maximum atomic E-state index is 11.8. The van der Waals surface area contributed by atoms with E-state index < -0.39 is 23.4 Å². The lowest BCUT2D eigenvalue weighted by Crippen LogP contribution is -2.33. The number of nitrogens with zero attached hydrogens (tertiary/aromatic N) is 2. The molecule has 0 radical (unpaired) electrons. The Labute approximate surface area is 153 Å². The number of nitrogens with one attached hydrogen (secondary N) is 1. The van der Waals surface area contributed by atoms with Gasteiger partial charge in [-0.3, -0.25) is 0 Å². The second kappa shape index (κ2) is 7.80. The van der Waals surface area contributed by atoms with Gasteiger partial charge >= 0.3 is 12.2 Å². The van der Waals surface area contributed by atoms with Crippen molar-refractivity contribution in [3.63, 3.8) is 0 Å². The first-order chi connectivity index (χ1) is 11.7. The maximum absolute atomic E-state index is 11.8. The Morgan fingerprint density at radius 1 is 1.12 bits per heavy atom. The van der Waals surface area contributed by atoms with E-state index in [4.69, 9.17) is 9.47 Å². The second-order valence-corrected chi connectivity index (χ2v) is 8.01. The summed E-state index contributed by atoms with van der Waals surface area (Å²) in [6, 6.07) is 1.54. The predicted molar refractivity (Wildman–Crippen MR) is 96.0 cm³/mol. The first-order valence-electron chi connectivity index (χ1n) is 8.35. The molecule has 0 aromatic carbocycles. The van der Waals surface area contributed by atoms with Gasteiger partial charge < -0.3 is 20.0 Å². The van der Waals surface area contributed by atoms with Gasteiger partial charge in [0.2, 0.25) is 0 Å². The third-order valence-corrected chi connectivity index (χ3v) is 3.20. The highest BCUT2D eigenvalue weighted by Gasteiger charge is 2.18. The van der Waals surface area contributed by atoms with E-state index in [1.54, 1.807) is 61.5 Å². The van der Waals surface area contributed by atoms with Crippen molar-refractivity contribution in [1.29, 1.82) is 0 Å². The number of alkyl carbamates (subject to hydrolysis) is 1. The first-order valence-corrected chi connectivity index (χ1v) is 8.35. The molecule has 1 aromatic rings. The average molecular weight is 367 g/mol. The van der Waals surface area contributed by atoms with Gasteiger partial charge in [0.15, 0.2) is 5.49 Å². The van der Waals surface area contributed by atoms with E-state index in [-0.39, 0.29) is 12.0 Å². The summed E-state index contributed by atoms with van der Waals surface area (Å²) < 4.78 is 11.1. The van der Waals surface area contributed by atoms with Gasteiger partial charge in [-0.15, -0.1) is 0 Å². The number of amides is 2. The highest BCUT2D eigenvalue weighted by atomic mass is 16.6. The van der Waals surface area contributed by atoms with E-state index >= 15 is 0 Å². The van der Waals surface area contributed by atoms with Crippen LogP contribution in [0.5, 0.6) is 0 Å². The van der Waals surface area contributed by atoms with Gasteiger partial charge in [-0.1, -0.05) is 0 Å². The number of aryl methyl sites for hydroxylation is 1. The number of hydrogen-bond donors (Lipinski definition) is 2. The summed E-state index contributed by atoms with van der Waals surface area (Å²) in [5, 5.41) is 12.9. The summed E-state index contributed by atoms with van der Waals surface area (Å²) in [4.78, 5) is 27.4. The SMILES string of the molecule is Cc1cc(=NC(=O)OC(C)(C)C)n(O)c(C)c1CNC(=O)OC(C)(C)C. The average Bonchev–Trinajstić information content (AvgIpc) is 2.40. The third kappa shape index (κ3) is 6.78. The molecular formula is C18H29N3O5. The Bertz CT molecular complexity index is 752. The minimum atomic E-state index is -0.793. The smallest absolute Gasteiger partial charge is 0.436 e. The Balaban J connectivity index is 3.04. The zero-order chi connectivity index (χ0) is 20.3. The number of ether oxygens (including phenoxy) is 2. The number of carbonyl (C=O) groups excluding carboxylic acids is 2. The number of pyridine rings is 1. The second-order valence-electron chi connectivity index (χ2n) is 8.01. The molecule has 1 heterocycles. The Morgan fingerprint density at radius 3 is 2.15 bits per heavy atom. The zero-order valence-electron chi connectivity index (χ0n) is 16.8. The van der Waals surface area contributed by atoms with Gasteiger partial charge in [-0.2, -0.15) is 9.72 Å². The van der Waals surface area contributed by atoms with Crippen molar-refractivity contribution in [3.05, 3.63) is 28.4 Å². The minimum Gasteiger partial charge on any atom is -0.444 e. The highest BCUT2D eigenvalue weighted by molar-refractivity contribution is 5.69. The topological polar surface area (TPSA) is 102 Å². The Morgan fingerprint density at radius 2 is 1.65 bits per heavy atom. The van der Waals surface area contributed by atoms with Crippen molar-refractivity contribution in [2.45, 2.75) is 73.1 Å². The molecule has 0 saturated heterocycles. The van der Waals surface area contributed by atoms with Crippen LogP contribution >= 0.6 is 0 Å². The van der Waals surface area contributed by atoms with Crippen LogP contribution in [0.1, 0.15) is 58.4 Å². The number of carbonyl (C=O) groups is 2. The molecule has 0 aliphatic heterocycles. The molecule has 0 bridgehead atoms. The van der Waals surface area contributed by atoms with Crippen LogP contribution in [0, 0.1) is 13.8 Å². The number of hydrogen-bond acceptors (Lipinski definition) is 5. The molecule has 2 N–H and O–H groups in total. The van der Waals surface area contributed by atoms with Crippen molar-refractivity contribution >= 4 is 12.2 Å². The molecule has 8 nitrogen and oxygen atoms in total. The minimum absolute atomic E-state index is 0.0512. The summed E-state index contributed by atoms with van der Waals surface area (Å²) in [5.41, 5.74) is 0.676. The molecular weight excluding hydrogens is 338 g/mol. The van der Waals surface area contributed by atoms with Gasteiger partial charge in [-0.25, -0.2) is 9.59 Å². The molecule has 8 heteroatoms. The molecule has 2 amide bonds. The fraction of sp³-hybridized carbons (Fsp3) is 0.611. The largest absolute Gasteiger partial charge is 0.444 e. The third-order valence-electron chi connectivity index (χ3n) is 3.20. The molecule has 0 aliphatic carbocycles. The first kappa shape index (κ1) is 21.5. The Hall–Kier alpha value is -2.51. The molecule has 0 aliphatic rings. The highest BCUT2D eigenvalue weighted by Crippen LogP contribution is 2.12. The van der Waals surface area contributed by atoms with Crippen LogP contribution in [-0.2, 0) is 16.0 Å². The van der Waals surface area contributed by atoms with E-state index in [9.17, 15) is 14.8 Å². The van der Waals surface area contributed by atoms with Crippen molar-refractivity contribution in [1.82, 2.24) is 10.0 Å². The van der Waals surface area contributed by atoms with E-state index in [1.165, 1.54) is 0 Å². The lowest BCUT2D eigenvalue weighted by Gasteiger charge is -2.20. The lowest BCUT2D eigenvalue weighted by atomic mass is 10.1. The molecule has 0 fully saturated rings. The van der Waals surface area contributed by atoms with E-state index in [0.29, 0.717) is 11.3 Å². The molecule has 0 atom stereocenters. The van der Waals surface area contributed by atoms with Gasteiger partial charge in [-0.05, 0) is 72.6 Å². The standard InChI is InChI=1S/C18H29N3O5/c1-11-9-14(20-16(23)26-18(6,7)8)21(24)12(2)13(11)10-19-15(22)25-17(3,4)5/h9,24H,10H2,1-8H3,(H,19,22). The zero-order valence-corrected chi connectivity index (χ0v) is 16.8. The molecule has 0 saturated carbocycles. The van der Waals surface area contributed by atoms with Gasteiger partial charge in [0.25, 0.3) is 0 Å². The summed E-state index contributed by atoms with van der Waals surface area (Å²) in [5.74, 6) is 0. The van der Waals surface area contributed by atoms with Crippen LogP contribution in [0.25, 0.3) is 0 Å². The van der Waals surface area contributed by atoms with Crippen molar-refractivity contribution < 1.29 is 24.3 Å². The van der Waals surface area contributed by atoms with Crippen LogP contribution in [0.4, 0.5) is 9.59 Å². The monoisotopic (exact) mass is 367 g/mol. The van der Waals surface area contributed by atoms with Crippen LogP contribution in [-0.4, -0.2) is 33.3 Å².